The van der Waals surface area contributed by atoms with Crippen LogP contribution in [-0.4, -0.2) is 12.6 Å². The van der Waals surface area contributed by atoms with E-state index in [-0.39, 0.29) is 11.9 Å². The summed E-state index contributed by atoms with van der Waals surface area (Å²) in [6.07, 6.45) is 20.2. The van der Waals surface area contributed by atoms with Gasteiger partial charge in [0.15, 0.2) is 0 Å². The maximum atomic E-state index is 12.3. The van der Waals surface area contributed by atoms with Gasteiger partial charge in [-0.2, -0.15) is 0 Å². The molecular formula is C25H46O2. The molecule has 0 aliphatic heterocycles. The van der Waals surface area contributed by atoms with Gasteiger partial charge in [0.25, 0.3) is 0 Å². The lowest BCUT2D eigenvalue weighted by Crippen LogP contribution is -2.29. The van der Waals surface area contributed by atoms with Crippen LogP contribution in [0.1, 0.15) is 117 Å². The van der Waals surface area contributed by atoms with Crippen molar-refractivity contribution in [3.63, 3.8) is 0 Å². The maximum Gasteiger partial charge on any atom is 0.308 e. The van der Waals surface area contributed by atoms with Crippen LogP contribution in [0.15, 0.2) is 0 Å². The molecule has 2 rings (SSSR count). The van der Waals surface area contributed by atoms with Crippen LogP contribution in [0, 0.1) is 29.6 Å². The van der Waals surface area contributed by atoms with E-state index < -0.39 is 0 Å². The Morgan fingerprint density at radius 1 is 0.852 bits per heavy atom. The van der Waals surface area contributed by atoms with Crippen LogP contribution in [0.4, 0.5) is 0 Å². The van der Waals surface area contributed by atoms with Crippen molar-refractivity contribution in [3.8, 4) is 0 Å². The average Bonchev–Trinajstić information content (AvgIpc) is 2.72. The molecule has 2 heteroatoms. The number of carbonyl (C=O) groups excluding carboxylic acids is 1. The van der Waals surface area contributed by atoms with E-state index in [0.29, 0.717) is 12.5 Å². The first-order valence-corrected chi connectivity index (χ1v) is 12.3. The summed E-state index contributed by atoms with van der Waals surface area (Å²) in [6.45, 7) is 7.22. The quantitative estimate of drug-likeness (QED) is 0.274. The standard InChI is InChI=1S/C25H46O2/c1-4-6-7-8-9-10-21-11-13-22(14-12-21)23-15-17-24(18-16-23)25(26)27-19-20(3)5-2/h20-24H,4-19H2,1-3H3/t20-,21-,22-,23-,24-/m0/s1. The molecule has 0 spiro atoms. The summed E-state index contributed by atoms with van der Waals surface area (Å²) in [5, 5.41) is 0. The van der Waals surface area contributed by atoms with Gasteiger partial charge in [0, 0.05) is 0 Å². The highest BCUT2D eigenvalue weighted by atomic mass is 16.5. The minimum absolute atomic E-state index is 0.0838. The van der Waals surface area contributed by atoms with E-state index >= 15 is 0 Å². The number of carbonyl (C=O) groups is 1. The van der Waals surface area contributed by atoms with Crippen molar-refractivity contribution in [3.05, 3.63) is 0 Å². The minimum Gasteiger partial charge on any atom is -0.465 e. The highest BCUT2D eigenvalue weighted by Crippen LogP contribution is 2.42. The molecule has 0 aromatic heterocycles. The van der Waals surface area contributed by atoms with Crippen molar-refractivity contribution in [1.82, 2.24) is 0 Å². The largest absolute Gasteiger partial charge is 0.465 e. The van der Waals surface area contributed by atoms with Crippen molar-refractivity contribution < 1.29 is 9.53 Å². The van der Waals surface area contributed by atoms with Crippen molar-refractivity contribution in [1.29, 1.82) is 0 Å². The van der Waals surface area contributed by atoms with Gasteiger partial charge in [0.05, 0.1) is 12.5 Å². The van der Waals surface area contributed by atoms with Gasteiger partial charge in [-0.15, -0.1) is 0 Å². The second kappa shape index (κ2) is 12.8. The first-order chi connectivity index (χ1) is 13.1. The zero-order valence-corrected chi connectivity index (χ0v) is 18.5. The first-order valence-electron chi connectivity index (χ1n) is 12.3. The summed E-state index contributed by atoms with van der Waals surface area (Å²) in [5.41, 5.74) is 0. The highest BCUT2D eigenvalue weighted by molar-refractivity contribution is 5.72. The van der Waals surface area contributed by atoms with Crippen LogP contribution in [0.3, 0.4) is 0 Å². The summed E-state index contributed by atoms with van der Waals surface area (Å²) >= 11 is 0. The van der Waals surface area contributed by atoms with Gasteiger partial charge in [-0.1, -0.05) is 78.6 Å². The van der Waals surface area contributed by atoms with Gasteiger partial charge in [0.1, 0.15) is 0 Å². The van der Waals surface area contributed by atoms with Crippen LogP contribution in [0.2, 0.25) is 0 Å². The van der Waals surface area contributed by atoms with Gasteiger partial charge in [0.2, 0.25) is 0 Å². The van der Waals surface area contributed by atoms with Gasteiger partial charge in [-0.05, 0) is 62.2 Å². The van der Waals surface area contributed by atoms with Crippen molar-refractivity contribution in [2.24, 2.45) is 29.6 Å². The summed E-state index contributed by atoms with van der Waals surface area (Å²) in [4.78, 5) is 12.3. The fraction of sp³-hybridized carbons (Fsp3) is 0.960. The van der Waals surface area contributed by atoms with Crippen molar-refractivity contribution in [2.45, 2.75) is 117 Å². The molecule has 0 saturated heterocycles. The van der Waals surface area contributed by atoms with Crippen LogP contribution < -0.4 is 0 Å². The Bertz CT molecular complexity index is 389. The monoisotopic (exact) mass is 378 g/mol. The number of esters is 1. The highest BCUT2D eigenvalue weighted by Gasteiger charge is 2.33. The van der Waals surface area contributed by atoms with Gasteiger partial charge in [-0.25, -0.2) is 0 Å². The van der Waals surface area contributed by atoms with Gasteiger partial charge in [-0.3, -0.25) is 4.79 Å². The third-order valence-corrected chi connectivity index (χ3v) is 7.59. The molecular weight excluding hydrogens is 332 g/mol. The SMILES string of the molecule is CCCCCCC[C@H]1CC[C@H]([C@H]2CC[C@H](C(=O)OC[C@@H](C)CC)CC2)CC1. The maximum absolute atomic E-state index is 12.3. The molecule has 27 heavy (non-hydrogen) atoms. The molecule has 0 radical (unpaired) electrons. The van der Waals surface area contributed by atoms with Crippen LogP contribution in [0.25, 0.3) is 0 Å². The van der Waals surface area contributed by atoms with Gasteiger partial charge >= 0.3 is 5.97 Å². The molecule has 0 bridgehead atoms. The minimum atomic E-state index is 0.0838. The fourth-order valence-electron chi connectivity index (χ4n) is 5.27. The molecule has 1 atom stereocenters. The molecule has 158 valence electrons. The lowest BCUT2D eigenvalue weighted by Gasteiger charge is -2.37. The van der Waals surface area contributed by atoms with E-state index in [0.717, 1.165) is 37.0 Å². The molecule has 0 aromatic carbocycles. The molecule has 2 saturated carbocycles. The lowest BCUT2D eigenvalue weighted by molar-refractivity contribution is -0.151. The molecule has 2 nitrogen and oxygen atoms in total. The predicted octanol–water partition coefficient (Wildman–Crippen LogP) is 7.55. The Labute approximate surface area is 169 Å². The molecule has 0 aromatic rings. The van der Waals surface area contributed by atoms with E-state index in [1.165, 1.54) is 77.0 Å². The molecule has 2 aliphatic rings. The molecule has 0 N–H and O–H groups in total. The van der Waals surface area contributed by atoms with E-state index in [2.05, 4.69) is 20.8 Å². The van der Waals surface area contributed by atoms with Crippen molar-refractivity contribution in [2.75, 3.05) is 6.61 Å². The van der Waals surface area contributed by atoms with E-state index in [4.69, 9.17) is 4.74 Å². The number of ether oxygens (including phenoxy) is 1. The Hall–Kier alpha value is -0.530. The molecule has 2 fully saturated rings. The molecule has 0 amide bonds. The lowest BCUT2D eigenvalue weighted by atomic mass is 9.68. The Morgan fingerprint density at radius 2 is 1.44 bits per heavy atom. The Balaban J connectivity index is 1.58. The van der Waals surface area contributed by atoms with E-state index in [9.17, 15) is 4.79 Å². The van der Waals surface area contributed by atoms with E-state index in [1.807, 2.05) is 0 Å². The smallest absolute Gasteiger partial charge is 0.308 e. The summed E-state index contributed by atoms with van der Waals surface area (Å²) in [5.74, 6) is 3.60. The first kappa shape index (κ1) is 22.8. The second-order valence-corrected chi connectivity index (χ2v) is 9.74. The predicted molar refractivity (Wildman–Crippen MR) is 115 cm³/mol. The zero-order valence-electron chi connectivity index (χ0n) is 18.5. The third kappa shape index (κ3) is 8.16. The van der Waals surface area contributed by atoms with Crippen LogP contribution in [0.5, 0.6) is 0 Å². The fourth-order valence-corrected chi connectivity index (χ4v) is 5.27. The number of rotatable bonds is 11. The summed E-state index contributed by atoms with van der Waals surface area (Å²) in [6, 6.07) is 0. The topological polar surface area (TPSA) is 26.3 Å². The van der Waals surface area contributed by atoms with Crippen molar-refractivity contribution >= 4 is 5.97 Å². The number of hydrogen-bond acceptors (Lipinski definition) is 2. The third-order valence-electron chi connectivity index (χ3n) is 7.59. The molecule has 0 heterocycles. The summed E-state index contributed by atoms with van der Waals surface area (Å²) in [7, 11) is 0. The number of unbranched alkanes of at least 4 members (excludes halogenated alkanes) is 4. The Morgan fingerprint density at radius 3 is 2.04 bits per heavy atom. The second-order valence-electron chi connectivity index (χ2n) is 9.74. The summed E-state index contributed by atoms with van der Waals surface area (Å²) < 4.78 is 5.55. The molecule has 2 aliphatic carbocycles. The number of hydrogen-bond donors (Lipinski definition) is 0. The zero-order chi connectivity index (χ0) is 19.5. The average molecular weight is 379 g/mol. The molecule has 0 unspecified atom stereocenters. The van der Waals surface area contributed by atoms with E-state index in [1.54, 1.807) is 0 Å². The van der Waals surface area contributed by atoms with Gasteiger partial charge < -0.3 is 4.74 Å². The van der Waals surface area contributed by atoms with Crippen LogP contribution in [-0.2, 0) is 9.53 Å². The van der Waals surface area contributed by atoms with Crippen LogP contribution >= 0.6 is 0 Å². The Kier molecular flexibility index (Phi) is 10.8. The normalized spacial score (nSPS) is 30.0.